The molecule has 1 aliphatic carbocycles. The van der Waals surface area contributed by atoms with E-state index in [4.69, 9.17) is 22.1 Å². The van der Waals surface area contributed by atoms with Crippen LogP contribution in [0.4, 0.5) is 5.82 Å². The molecular weight excluding hydrogens is 486 g/mol. The van der Waals surface area contributed by atoms with Gasteiger partial charge in [0.15, 0.2) is 11.6 Å². The molecule has 3 aromatic rings. The second-order valence-corrected chi connectivity index (χ2v) is 10.7. The van der Waals surface area contributed by atoms with Crippen molar-refractivity contribution in [3.05, 3.63) is 87.5 Å². The molecule has 7 nitrogen and oxygen atoms in total. The maximum atomic E-state index is 13.8. The van der Waals surface area contributed by atoms with Gasteiger partial charge < -0.3 is 10.5 Å². The van der Waals surface area contributed by atoms with E-state index in [1.165, 1.54) is 0 Å². The quantitative estimate of drug-likeness (QED) is 0.443. The van der Waals surface area contributed by atoms with Gasteiger partial charge in [-0.1, -0.05) is 49.7 Å². The zero-order valence-corrected chi connectivity index (χ0v) is 22.0. The molecule has 1 aromatic heterocycles. The molecule has 0 fully saturated rings. The molecule has 1 unspecified atom stereocenters. The zero-order chi connectivity index (χ0) is 26.5. The molecule has 188 valence electrons. The molecule has 8 heteroatoms. The molecule has 37 heavy (non-hydrogen) atoms. The standard InChI is InChI=1S/C29H28ClN5O2/c1-16-24(17-5-9-19(30)10-6-17)28(34-33-16)35-22-13-29(2,3)14-23(36)26(22)25(21(15-31)27(35)32)18-7-11-20(37-4)12-8-18/h5-12,25H,13-14,32H2,1-4H3,(H,33,34). The predicted octanol–water partition coefficient (Wildman–Crippen LogP) is 5.99. The number of hydrogen-bond acceptors (Lipinski definition) is 6. The molecule has 0 bridgehead atoms. The Hall–Kier alpha value is -4.02. The molecular formula is C29H28ClN5O2. The van der Waals surface area contributed by atoms with Crippen molar-refractivity contribution in [3.63, 3.8) is 0 Å². The Bertz CT molecular complexity index is 1490. The van der Waals surface area contributed by atoms with E-state index in [0.29, 0.717) is 40.6 Å². The van der Waals surface area contributed by atoms with Crippen LogP contribution in [0.2, 0.25) is 5.02 Å². The van der Waals surface area contributed by atoms with Gasteiger partial charge in [-0.15, -0.1) is 0 Å². The van der Waals surface area contributed by atoms with E-state index >= 15 is 0 Å². The Morgan fingerprint density at radius 2 is 1.84 bits per heavy atom. The average Bonchev–Trinajstić information content (AvgIpc) is 3.24. The molecule has 1 aliphatic heterocycles. The van der Waals surface area contributed by atoms with Gasteiger partial charge in [0.25, 0.3) is 0 Å². The SMILES string of the molecule is COc1ccc(C2C(C#N)=C(N)N(c3n[nH]c(C)c3-c3ccc(Cl)cc3)C3=C2C(=O)CC(C)(C)C3)cc1. The zero-order valence-electron chi connectivity index (χ0n) is 21.2. The summed E-state index contributed by atoms with van der Waals surface area (Å²) in [5.74, 6) is 0.967. The lowest BCUT2D eigenvalue weighted by atomic mass is 9.68. The molecule has 1 atom stereocenters. The number of anilines is 1. The second kappa shape index (κ2) is 9.13. The summed E-state index contributed by atoms with van der Waals surface area (Å²) in [6, 6.07) is 17.2. The Balaban J connectivity index is 1.76. The number of aromatic amines is 1. The number of allylic oxidation sites excluding steroid dienone is 3. The summed E-state index contributed by atoms with van der Waals surface area (Å²) in [6.07, 6.45) is 0.987. The van der Waals surface area contributed by atoms with Crippen molar-refractivity contribution in [2.24, 2.45) is 11.1 Å². The number of carbonyl (C=O) groups excluding carboxylic acids is 1. The normalized spacial score (nSPS) is 19.1. The van der Waals surface area contributed by atoms with Crippen molar-refractivity contribution < 1.29 is 9.53 Å². The Labute approximate surface area is 221 Å². The number of H-pyrrole nitrogens is 1. The number of nitrogens with one attached hydrogen (secondary N) is 1. The number of methoxy groups -OCH3 is 1. The summed E-state index contributed by atoms with van der Waals surface area (Å²) in [7, 11) is 1.60. The maximum absolute atomic E-state index is 13.8. The van der Waals surface area contributed by atoms with Crippen LogP contribution in [0.25, 0.3) is 11.1 Å². The largest absolute Gasteiger partial charge is 0.497 e. The van der Waals surface area contributed by atoms with Crippen molar-refractivity contribution >= 4 is 23.2 Å². The van der Waals surface area contributed by atoms with Crippen LogP contribution in [0.15, 0.2) is 71.2 Å². The first-order valence-corrected chi connectivity index (χ1v) is 12.4. The summed E-state index contributed by atoms with van der Waals surface area (Å²) >= 11 is 6.14. The number of aryl methyl sites for hydroxylation is 1. The van der Waals surface area contributed by atoms with Crippen LogP contribution in [0.1, 0.15) is 43.9 Å². The minimum Gasteiger partial charge on any atom is -0.497 e. The molecule has 2 heterocycles. The van der Waals surface area contributed by atoms with Gasteiger partial charge in [0.05, 0.1) is 24.7 Å². The van der Waals surface area contributed by atoms with Crippen LogP contribution >= 0.6 is 11.6 Å². The van der Waals surface area contributed by atoms with Gasteiger partial charge in [0.2, 0.25) is 0 Å². The lowest BCUT2D eigenvalue weighted by Gasteiger charge is -2.43. The smallest absolute Gasteiger partial charge is 0.168 e. The van der Waals surface area contributed by atoms with Gasteiger partial charge in [-0.2, -0.15) is 10.4 Å². The number of ketones is 1. The second-order valence-electron chi connectivity index (χ2n) is 10.3. The van der Waals surface area contributed by atoms with E-state index in [0.717, 1.165) is 28.1 Å². The molecule has 0 saturated carbocycles. The van der Waals surface area contributed by atoms with Gasteiger partial charge in [0, 0.05) is 34.0 Å². The van der Waals surface area contributed by atoms with E-state index in [1.807, 2.05) is 55.5 Å². The summed E-state index contributed by atoms with van der Waals surface area (Å²) in [4.78, 5) is 15.6. The number of Topliss-reactive ketones (excluding diaryl/α,β-unsaturated/α-hetero) is 1. The van der Waals surface area contributed by atoms with Crippen LogP contribution in [0.5, 0.6) is 5.75 Å². The van der Waals surface area contributed by atoms with E-state index in [-0.39, 0.29) is 17.0 Å². The van der Waals surface area contributed by atoms with E-state index < -0.39 is 5.92 Å². The Morgan fingerprint density at radius 1 is 1.16 bits per heavy atom. The molecule has 0 spiro atoms. The van der Waals surface area contributed by atoms with Crippen LogP contribution in [0, 0.1) is 23.7 Å². The molecule has 2 aromatic carbocycles. The van der Waals surface area contributed by atoms with Crippen molar-refractivity contribution in [1.29, 1.82) is 5.26 Å². The average molecular weight is 514 g/mol. The van der Waals surface area contributed by atoms with E-state index in [2.05, 4.69) is 30.1 Å². The summed E-state index contributed by atoms with van der Waals surface area (Å²) in [6.45, 7) is 6.08. The number of benzene rings is 2. The topological polar surface area (TPSA) is 108 Å². The Morgan fingerprint density at radius 3 is 2.46 bits per heavy atom. The number of aromatic nitrogens is 2. The molecule has 5 rings (SSSR count). The first-order valence-electron chi connectivity index (χ1n) is 12.1. The lowest BCUT2D eigenvalue weighted by Crippen LogP contribution is -2.42. The van der Waals surface area contributed by atoms with E-state index in [9.17, 15) is 10.1 Å². The fourth-order valence-corrected chi connectivity index (χ4v) is 5.55. The number of rotatable bonds is 4. The van der Waals surface area contributed by atoms with Crippen molar-refractivity contribution in [1.82, 2.24) is 10.2 Å². The summed E-state index contributed by atoms with van der Waals surface area (Å²) < 4.78 is 5.32. The van der Waals surface area contributed by atoms with Gasteiger partial charge >= 0.3 is 0 Å². The number of ether oxygens (including phenoxy) is 1. The van der Waals surface area contributed by atoms with Crippen molar-refractivity contribution in [2.45, 2.75) is 39.5 Å². The van der Waals surface area contributed by atoms with Crippen molar-refractivity contribution in [3.8, 4) is 22.9 Å². The van der Waals surface area contributed by atoms with Gasteiger partial charge in [0.1, 0.15) is 11.6 Å². The summed E-state index contributed by atoms with van der Waals surface area (Å²) in [5.41, 5.74) is 11.6. The number of hydrogen-bond donors (Lipinski definition) is 2. The first-order chi connectivity index (χ1) is 17.6. The molecule has 0 saturated heterocycles. The van der Waals surface area contributed by atoms with E-state index in [1.54, 1.807) is 12.0 Å². The highest BCUT2D eigenvalue weighted by atomic mass is 35.5. The Kier molecular flexibility index (Phi) is 6.09. The monoisotopic (exact) mass is 513 g/mol. The number of nitriles is 1. The minimum atomic E-state index is -0.565. The first kappa shape index (κ1) is 24.7. The molecule has 0 amide bonds. The van der Waals surface area contributed by atoms with Gasteiger partial charge in [-0.3, -0.25) is 14.8 Å². The highest BCUT2D eigenvalue weighted by Crippen LogP contribution is 2.51. The predicted molar refractivity (Wildman–Crippen MR) is 144 cm³/mol. The fraction of sp³-hybridized carbons (Fsp3) is 0.276. The lowest BCUT2D eigenvalue weighted by molar-refractivity contribution is -0.118. The van der Waals surface area contributed by atoms with Crippen LogP contribution in [0.3, 0.4) is 0 Å². The third kappa shape index (κ3) is 4.17. The number of halogens is 1. The molecule has 3 N–H and O–H groups in total. The molecule has 0 radical (unpaired) electrons. The maximum Gasteiger partial charge on any atom is 0.168 e. The third-order valence-corrected chi connectivity index (χ3v) is 7.35. The highest BCUT2D eigenvalue weighted by Gasteiger charge is 2.45. The third-order valence-electron chi connectivity index (χ3n) is 7.10. The highest BCUT2D eigenvalue weighted by molar-refractivity contribution is 6.30. The fourth-order valence-electron chi connectivity index (χ4n) is 5.42. The van der Waals surface area contributed by atoms with Crippen LogP contribution in [-0.2, 0) is 4.79 Å². The van der Waals surface area contributed by atoms with Crippen molar-refractivity contribution in [2.75, 3.05) is 12.0 Å². The van der Waals surface area contributed by atoms with Crippen LogP contribution in [-0.4, -0.2) is 23.1 Å². The molecule has 2 aliphatic rings. The number of nitrogens with two attached hydrogens (primary N) is 1. The van der Waals surface area contributed by atoms with Gasteiger partial charge in [-0.05, 0) is 54.2 Å². The summed E-state index contributed by atoms with van der Waals surface area (Å²) in [5, 5.41) is 18.7. The number of nitrogens with zero attached hydrogens (tertiary/aromatic N) is 3. The minimum absolute atomic E-state index is 0.0117. The van der Waals surface area contributed by atoms with Crippen LogP contribution < -0.4 is 15.4 Å². The van der Waals surface area contributed by atoms with Gasteiger partial charge in [-0.25, -0.2) is 0 Å². The number of carbonyl (C=O) groups is 1.